The number of carbonyl (C=O) groups is 1. The van der Waals surface area contributed by atoms with Gasteiger partial charge >= 0.3 is 8.03 Å². The van der Waals surface area contributed by atoms with Gasteiger partial charge in [-0.05, 0) is 29.9 Å². The van der Waals surface area contributed by atoms with Crippen LogP contribution in [0.4, 0.5) is 0 Å². The van der Waals surface area contributed by atoms with E-state index in [1.807, 2.05) is 0 Å². The van der Waals surface area contributed by atoms with E-state index in [9.17, 15) is 9.36 Å². The number of nitrogens with one attached hydrogen (secondary N) is 1. The molecule has 5 nitrogen and oxygen atoms in total. The molecule has 1 unspecified atom stereocenters. The topological polar surface area (TPSA) is 55.4 Å². The number of rotatable bonds is 12. The Morgan fingerprint density at radius 3 is 2.50 bits per heavy atom. The molecule has 0 saturated carbocycles. The number of quaternary nitrogens is 1. The first-order valence-electron chi connectivity index (χ1n) is 7.13. The van der Waals surface area contributed by atoms with Gasteiger partial charge in [-0.25, -0.2) is 0 Å². The maximum atomic E-state index is 11.6. The monoisotopic (exact) mass is 304 g/mol. The minimum Gasteiger partial charge on any atom is -0.353 e. The molecule has 20 heavy (non-hydrogen) atoms. The number of unbranched alkanes of at least 4 members (excludes halogenated alkanes) is 3. The smallest absolute Gasteiger partial charge is 0.353 e. The van der Waals surface area contributed by atoms with Crippen molar-refractivity contribution in [3.63, 3.8) is 0 Å². The summed E-state index contributed by atoms with van der Waals surface area (Å²) in [5.74, 6) is -0.126. The molecule has 0 bridgehead atoms. The number of hydrogen-bond donors (Lipinski definition) is 1. The quantitative estimate of drug-likeness (QED) is 0.260. The van der Waals surface area contributed by atoms with E-state index in [1.54, 1.807) is 0 Å². The van der Waals surface area contributed by atoms with Gasteiger partial charge in [0.1, 0.15) is 6.54 Å². The van der Waals surface area contributed by atoms with Crippen molar-refractivity contribution in [2.24, 2.45) is 0 Å². The summed E-state index contributed by atoms with van der Waals surface area (Å²) in [7, 11) is 4.74. The van der Waals surface area contributed by atoms with Crippen LogP contribution in [-0.4, -0.2) is 57.4 Å². The maximum absolute atomic E-state index is 11.6. The third kappa shape index (κ3) is 13.7. The lowest BCUT2D eigenvalue weighted by molar-refractivity contribution is -0.870. The zero-order chi connectivity index (χ0) is 15.4. The largest absolute Gasteiger partial charge is 0.508 e. The molecule has 0 fully saturated rings. The van der Waals surface area contributed by atoms with Crippen molar-refractivity contribution in [2.75, 3.05) is 47.0 Å². The Morgan fingerprint density at radius 1 is 1.25 bits per heavy atom. The molecule has 1 N–H and O–H groups in total. The van der Waals surface area contributed by atoms with Crippen LogP contribution < -0.4 is 5.32 Å². The molecule has 0 aromatic heterocycles. The Labute approximate surface area is 123 Å². The third-order valence-electron chi connectivity index (χ3n) is 2.75. The molecular weight excluding hydrogens is 275 g/mol. The predicted octanol–water partition coefficient (Wildman–Crippen LogP) is 2.31. The fourth-order valence-corrected chi connectivity index (χ4v) is 2.38. The van der Waals surface area contributed by atoms with Crippen molar-refractivity contribution in [1.29, 1.82) is 0 Å². The first-order valence-corrected chi connectivity index (χ1v) is 8.50. The highest BCUT2D eigenvalue weighted by Crippen LogP contribution is 2.24. The van der Waals surface area contributed by atoms with Crippen molar-refractivity contribution in [3.05, 3.63) is 12.7 Å². The SMILES string of the molecule is C=CC(=O)NCCCCCC[P+](=O)OCC[N+](C)(C)C. The summed E-state index contributed by atoms with van der Waals surface area (Å²) in [5, 5.41) is 2.73. The fraction of sp³-hybridized carbons (Fsp3) is 0.786. The van der Waals surface area contributed by atoms with Crippen LogP contribution in [0.5, 0.6) is 0 Å². The summed E-state index contributed by atoms with van der Waals surface area (Å²) in [6.07, 6.45) is 5.81. The van der Waals surface area contributed by atoms with Crippen molar-refractivity contribution < 1.29 is 18.4 Å². The Balaban J connectivity index is 3.36. The second kappa shape index (κ2) is 11.0. The van der Waals surface area contributed by atoms with E-state index in [0.717, 1.165) is 36.7 Å². The average molecular weight is 304 g/mol. The third-order valence-corrected chi connectivity index (χ3v) is 3.90. The molecule has 116 valence electrons. The summed E-state index contributed by atoms with van der Waals surface area (Å²) < 4.78 is 17.7. The van der Waals surface area contributed by atoms with Gasteiger partial charge in [0.25, 0.3) is 0 Å². The predicted molar refractivity (Wildman–Crippen MR) is 83.0 cm³/mol. The summed E-state index contributed by atoms with van der Waals surface area (Å²) in [6.45, 7) is 5.48. The minimum atomic E-state index is -1.51. The van der Waals surface area contributed by atoms with Gasteiger partial charge in [-0.2, -0.15) is 0 Å². The number of carbonyl (C=O) groups excluding carboxylic acids is 1. The van der Waals surface area contributed by atoms with Crippen molar-refractivity contribution in [3.8, 4) is 0 Å². The first kappa shape index (κ1) is 19.2. The average Bonchev–Trinajstić information content (AvgIpc) is 2.35. The normalized spacial score (nSPS) is 12.1. The molecule has 0 saturated heterocycles. The molecule has 0 radical (unpaired) electrons. The molecule has 0 aliphatic rings. The highest BCUT2D eigenvalue weighted by molar-refractivity contribution is 7.39. The van der Waals surface area contributed by atoms with Crippen LogP contribution in [0.2, 0.25) is 0 Å². The summed E-state index contributed by atoms with van der Waals surface area (Å²) in [5.41, 5.74) is 0. The van der Waals surface area contributed by atoms with E-state index in [0.29, 0.717) is 19.3 Å². The van der Waals surface area contributed by atoms with Gasteiger partial charge in [-0.1, -0.05) is 13.0 Å². The summed E-state index contributed by atoms with van der Waals surface area (Å²) in [6, 6.07) is 0. The number of hydrogen-bond acceptors (Lipinski definition) is 3. The van der Waals surface area contributed by atoms with Gasteiger partial charge in [-0.15, -0.1) is 4.52 Å². The second-order valence-corrected chi connectivity index (χ2v) is 7.18. The zero-order valence-electron chi connectivity index (χ0n) is 13.1. The maximum Gasteiger partial charge on any atom is 0.508 e. The van der Waals surface area contributed by atoms with E-state index < -0.39 is 8.03 Å². The highest BCUT2D eigenvalue weighted by atomic mass is 31.1. The Hall–Kier alpha value is -0.770. The van der Waals surface area contributed by atoms with Crippen LogP contribution in [0.25, 0.3) is 0 Å². The fourth-order valence-electron chi connectivity index (χ4n) is 1.48. The molecule has 0 aliphatic heterocycles. The summed E-state index contributed by atoms with van der Waals surface area (Å²) >= 11 is 0. The van der Waals surface area contributed by atoms with Gasteiger partial charge in [0.15, 0.2) is 12.8 Å². The molecule has 6 heteroatoms. The van der Waals surface area contributed by atoms with Gasteiger partial charge < -0.3 is 9.80 Å². The molecule has 0 aromatic rings. The van der Waals surface area contributed by atoms with Crippen LogP contribution in [0.1, 0.15) is 25.7 Å². The lowest BCUT2D eigenvalue weighted by atomic mass is 10.2. The Kier molecular flexibility index (Phi) is 10.5. The van der Waals surface area contributed by atoms with Crippen LogP contribution in [0, 0.1) is 0 Å². The molecule has 0 aliphatic carbocycles. The van der Waals surface area contributed by atoms with Crippen LogP contribution in [-0.2, 0) is 13.9 Å². The van der Waals surface area contributed by atoms with Crippen LogP contribution in [0.3, 0.4) is 0 Å². The molecule has 1 atom stereocenters. The van der Waals surface area contributed by atoms with E-state index in [2.05, 4.69) is 33.0 Å². The van der Waals surface area contributed by atoms with Crippen LogP contribution >= 0.6 is 8.03 Å². The van der Waals surface area contributed by atoms with Gasteiger partial charge in [-0.3, -0.25) is 4.79 Å². The van der Waals surface area contributed by atoms with E-state index in [-0.39, 0.29) is 5.91 Å². The molecule has 0 aromatic carbocycles. The van der Waals surface area contributed by atoms with Crippen molar-refractivity contribution in [1.82, 2.24) is 5.32 Å². The Bertz CT molecular complexity index is 314. The van der Waals surface area contributed by atoms with Crippen molar-refractivity contribution >= 4 is 13.9 Å². The van der Waals surface area contributed by atoms with Crippen LogP contribution in [0.15, 0.2) is 12.7 Å². The standard InChI is InChI=1S/C14H28N2O3P/c1-5-14(17)15-10-8-6-7-9-13-20(18)19-12-11-16(2,3)4/h5H,1,6-13H2,2-4H3/q+1/p+1. The molecule has 0 rings (SSSR count). The summed E-state index contributed by atoms with van der Waals surface area (Å²) in [4.78, 5) is 10.9. The number of nitrogens with zero attached hydrogens (tertiary/aromatic N) is 1. The lowest BCUT2D eigenvalue weighted by Gasteiger charge is -2.21. The Morgan fingerprint density at radius 2 is 1.90 bits per heavy atom. The van der Waals surface area contributed by atoms with Gasteiger partial charge in [0, 0.05) is 6.54 Å². The first-order chi connectivity index (χ1) is 9.35. The highest BCUT2D eigenvalue weighted by Gasteiger charge is 2.18. The number of likely N-dealkylation sites (N-methyl/N-ethyl adjacent to an activating group) is 1. The molecule has 0 heterocycles. The van der Waals surface area contributed by atoms with Crippen molar-refractivity contribution in [2.45, 2.75) is 25.7 Å². The van der Waals surface area contributed by atoms with E-state index in [1.165, 1.54) is 6.08 Å². The molecular formula is C14H29N2O3P+2. The molecule has 0 spiro atoms. The van der Waals surface area contributed by atoms with E-state index >= 15 is 0 Å². The lowest BCUT2D eigenvalue weighted by Crippen LogP contribution is -2.37. The van der Waals surface area contributed by atoms with Gasteiger partial charge in [0.05, 0.1) is 21.1 Å². The molecule has 1 amide bonds. The minimum absolute atomic E-state index is 0.126. The van der Waals surface area contributed by atoms with Gasteiger partial charge in [0.2, 0.25) is 5.91 Å². The zero-order valence-corrected chi connectivity index (χ0v) is 14.0. The van der Waals surface area contributed by atoms with E-state index in [4.69, 9.17) is 4.52 Å². The second-order valence-electron chi connectivity index (χ2n) is 5.81. The number of amides is 1.